The Morgan fingerprint density at radius 2 is 2.00 bits per heavy atom. The molecule has 1 aromatic carbocycles. The highest BCUT2D eigenvalue weighted by Crippen LogP contribution is 2.19. The summed E-state index contributed by atoms with van der Waals surface area (Å²) in [4.78, 5) is 4.61. The largest absolute Gasteiger partial charge is 0.328 e. The van der Waals surface area contributed by atoms with Gasteiger partial charge in [0.1, 0.15) is 11.6 Å². The van der Waals surface area contributed by atoms with E-state index in [1.165, 1.54) is 12.1 Å². The predicted octanol–water partition coefficient (Wildman–Crippen LogP) is 3.37. The van der Waals surface area contributed by atoms with Gasteiger partial charge in [-0.05, 0) is 18.1 Å². The fraction of sp³-hybridized carbons (Fsp3) is 0.562. The SMILES string of the molecule is CC(C)Cn1c(CCNC(C)C)nc2cc(F)ccc21. The minimum atomic E-state index is -0.224. The number of halogens is 1. The second-order valence-electron chi connectivity index (χ2n) is 6.02. The van der Waals surface area contributed by atoms with Crippen LogP contribution in [-0.2, 0) is 13.0 Å². The minimum Gasteiger partial charge on any atom is -0.328 e. The van der Waals surface area contributed by atoms with Gasteiger partial charge in [0.15, 0.2) is 0 Å². The van der Waals surface area contributed by atoms with Gasteiger partial charge in [0, 0.05) is 31.6 Å². The zero-order valence-corrected chi connectivity index (χ0v) is 12.8. The third-order valence-electron chi connectivity index (χ3n) is 3.24. The molecule has 1 N–H and O–H groups in total. The molecule has 0 radical (unpaired) electrons. The zero-order chi connectivity index (χ0) is 14.7. The normalized spacial score (nSPS) is 11.9. The predicted molar refractivity (Wildman–Crippen MR) is 81.4 cm³/mol. The highest BCUT2D eigenvalue weighted by molar-refractivity contribution is 5.76. The van der Waals surface area contributed by atoms with E-state index in [-0.39, 0.29) is 5.82 Å². The Morgan fingerprint density at radius 3 is 2.65 bits per heavy atom. The number of hydrogen-bond donors (Lipinski definition) is 1. The average molecular weight is 277 g/mol. The van der Waals surface area contributed by atoms with Crippen molar-refractivity contribution >= 4 is 11.0 Å². The Morgan fingerprint density at radius 1 is 1.25 bits per heavy atom. The van der Waals surface area contributed by atoms with Crippen molar-refractivity contribution in [3.8, 4) is 0 Å². The number of nitrogens with one attached hydrogen (secondary N) is 1. The maximum Gasteiger partial charge on any atom is 0.125 e. The molecule has 110 valence electrons. The number of hydrogen-bond acceptors (Lipinski definition) is 2. The summed E-state index contributed by atoms with van der Waals surface area (Å²) in [6.07, 6.45) is 0.862. The molecule has 2 rings (SSSR count). The topological polar surface area (TPSA) is 29.9 Å². The lowest BCUT2D eigenvalue weighted by atomic mass is 10.2. The van der Waals surface area contributed by atoms with E-state index in [1.807, 2.05) is 6.07 Å². The van der Waals surface area contributed by atoms with Crippen LogP contribution in [0.15, 0.2) is 18.2 Å². The van der Waals surface area contributed by atoms with E-state index in [1.54, 1.807) is 0 Å². The lowest BCUT2D eigenvalue weighted by molar-refractivity contribution is 0.507. The van der Waals surface area contributed by atoms with Crippen LogP contribution in [0.5, 0.6) is 0 Å². The van der Waals surface area contributed by atoms with Crippen LogP contribution in [-0.4, -0.2) is 22.1 Å². The van der Waals surface area contributed by atoms with Crippen LogP contribution in [0.2, 0.25) is 0 Å². The van der Waals surface area contributed by atoms with Gasteiger partial charge in [-0.1, -0.05) is 27.7 Å². The summed E-state index contributed by atoms with van der Waals surface area (Å²) in [5.74, 6) is 1.35. The zero-order valence-electron chi connectivity index (χ0n) is 12.8. The lowest BCUT2D eigenvalue weighted by Crippen LogP contribution is -2.26. The third kappa shape index (κ3) is 3.57. The Balaban J connectivity index is 2.30. The number of rotatable bonds is 6. The smallest absolute Gasteiger partial charge is 0.125 e. The van der Waals surface area contributed by atoms with E-state index in [0.717, 1.165) is 36.4 Å². The van der Waals surface area contributed by atoms with E-state index in [0.29, 0.717) is 12.0 Å². The van der Waals surface area contributed by atoms with Crippen LogP contribution < -0.4 is 5.32 Å². The molecule has 1 aromatic heterocycles. The van der Waals surface area contributed by atoms with Crippen molar-refractivity contribution < 1.29 is 4.39 Å². The Labute approximate surface area is 120 Å². The van der Waals surface area contributed by atoms with Gasteiger partial charge in [-0.15, -0.1) is 0 Å². The fourth-order valence-electron chi connectivity index (χ4n) is 2.39. The maximum absolute atomic E-state index is 13.3. The number of benzene rings is 1. The molecule has 20 heavy (non-hydrogen) atoms. The molecule has 4 heteroatoms. The van der Waals surface area contributed by atoms with E-state index < -0.39 is 0 Å². The van der Waals surface area contributed by atoms with Gasteiger partial charge >= 0.3 is 0 Å². The Hall–Kier alpha value is -1.42. The summed E-state index contributed by atoms with van der Waals surface area (Å²) in [5, 5.41) is 3.40. The second kappa shape index (κ2) is 6.35. The van der Waals surface area contributed by atoms with E-state index in [2.05, 4.69) is 42.6 Å². The maximum atomic E-state index is 13.3. The van der Waals surface area contributed by atoms with E-state index in [4.69, 9.17) is 0 Å². The van der Waals surface area contributed by atoms with Gasteiger partial charge in [-0.2, -0.15) is 0 Å². The first-order valence-corrected chi connectivity index (χ1v) is 7.35. The monoisotopic (exact) mass is 277 g/mol. The molecule has 2 aromatic rings. The third-order valence-corrected chi connectivity index (χ3v) is 3.24. The molecule has 0 aliphatic carbocycles. The molecule has 0 bridgehead atoms. The van der Waals surface area contributed by atoms with Crippen molar-refractivity contribution in [2.75, 3.05) is 6.54 Å². The number of imidazole rings is 1. The van der Waals surface area contributed by atoms with Crippen LogP contribution in [0, 0.1) is 11.7 Å². The van der Waals surface area contributed by atoms with E-state index >= 15 is 0 Å². The minimum absolute atomic E-state index is 0.224. The van der Waals surface area contributed by atoms with Gasteiger partial charge < -0.3 is 9.88 Å². The molecular formula is C16H24FN3. The fourth-order valence-corrected chi connectivity index (χ4v) is 2.39. The van der Waals surface area contributed by atoms with E-state index in [9.17, 15) is 4.39 Å². The van der Waals surface area contributed by atoms with Crippen LogP contribution in [0.4, 0.5) is 4.39 Å². The van der Waals surface area contributed by atoms with Crippen LogP contribution in [0.1, 0.15) is 33.5 Å². The molecule has 0 saturated carbocycles. The average Bonchev–Trinajstić information content (AvgIpc) is 2.65. The molecule has 3 nitrogen and oxygen atoms in total. The molecule has 0 aliphatic heterocycles. The molecule has 0 atom stereocenters. The second-order valence-corrected chi connectivity index (χ2v) is 6.02. The summed E-state index contributed by atoms with van der Waals surface area (Å²) in [6.45, 7) is 10.4. The molecule has 0 spiro atoms. The van der Waals surface area contributed by atoms with Crippen molar-refractivity contribution in [3.05, 3.63) is 29.8 Å². The van der Waals surface area contributed by atoms with Crippen LogP contribution in [0.25, 0.3) is 11.0 Å². The number of fused-ring (bicyclic) bond motifs is 1. The molecule has 0 fully saturated rings. The first-order valence-electron chi connectivity index (χ1n) is 7.35. The van der Waals surface area contributed by atoms with Crippen molar-refractivity contribution in [2.45, 2.75) is 46.7 Å². The molecular weight excluding hydrogens is 253 g/mol. The molecule has 0 saturated heterocycles. The van der Waals surface area contributed by atoms with Crippen molar-refractivity contribution in [1.82, 2.24) is 14.9 Å². The molecule has 1 heterocycles. The van der Waals surface area contributed by atoms with Crippen molar-refractivity contribution in [2.24, 2.45) is 5.92 Å². The summed E-state index contributed by atoms with van der Waals surface area (Å²) >= 11 is 0. The molecule has 0 aliphatic rings. The highest BCUT2D eigenvalue weighted by atomic mass is 19.1. The Kier molecular flexibility index (Phi) is 4.76. The van der Waals surface area contributed by atoms with Crippen LogP contribution in [0.3, 0.4) is 0 Å². The summed E-state index contributed by atoms with van der Waals surface area (Å²) < 4.78 is 15.6. The van der Waals surface area contributed by atoms with Gasteiger partial charge in [0.25, 0.3) is 0 Å². The first kappa shape index (κ1) is 15.0. The summed E-state index contributed by atoms with van der Waals surface area (Å²) in [5.41, 5.74) is 1.78. The molecule has 0 amide bonds. The molecule has 0 unspecified atom stereocenters. The lowest BCUT2D eigenvalue weighted by Gasteiger charge is -2.13. The van der Waals surface area contributed by atoms with Gasteiger partial charge in [0.05, 0.1) is 11.0 Å². The standard InChI is InChI=1S/C16H24FN3/c1-11(2)10-20-15-6-5-13(17)9-14(15)19-16(20)7-8-18-12(3)4/h5-6,9,11-12,18H,7-8,10H2,1-4H3. The van der Waals surface area contributed by atoms with Crippen molar-refractivity contribution in [3.63, 3.8) is 0 Å². The van der Waals surface area contributed by atoms with Gasteiger partial charge in [0.2, 0.25) is 0 Å². The van der Waals surface area contributed by atoms with Gasteiger partial charge in [-0.3, -0.25) is 0 Å². The van der Waals surface area contributed by atoms with Crippen LogP contribution >= 0.6 is 0 Å². The number of aromatic nitrogens is 2. The van der Waals surface area contributed by atoms with Crippen molar-refractivity contribution in [1.29, 1.82) is 0 Å². The Bertz CT molecular complexity index is 572. The quantitative estimate of drug-likeness (QED) is 0.877. The summed E-state index contributed by atoms with van der Waals surface area (Å²) in [7, 11) is 0. The first-order chi connectivity index (χ1) is 9.47. The highest BCUT2D eigenvalue weighted by Gasteiger charge is 2.12. The number of nitrogens with zero attached hydrogens (tertiary/aromatic N) is 2. The van der Waals surface area contributed by atoms with Gasteiger partial charge in [-0.25, -0.2) is 9.37 Å². The summed E-state index contributed by atoms with van der Waals surface area (Å²) in [6, 6.07) is 5.33.